The Kier molecular flexibility index (Phi) is 6.67. The summed E-state index contributed by atoms with van der Waals surface area (Å²) in [6, 6.07) is 11.8. The van der Waals surface area contributed by atoms with Crippen molar-refractivity contribution in [1.29, 1.82) is 0 Å². The molecule has 13 heteroatoms. The topological polar surface area (TPSA) is 122 Å². The molecule has 1 aliphatic rings. The van der Waals surface area contributed by atoms with E-state index in [4.69, 9.17) is 42.0 Å². The predicted molar refractivity (Wildman–Crippen MR) is 113 cm³/mol. The Morgan fingerprint density at radius 3 is 2.59 bits per heavy atom. The molecule has 0 radical (unpaired) electrons. The Labute approximate surface area is 193 Å². The minimum atomic E-state index is -4.62. The van der Waals surface area contributed by atoms with Crippen molar-refractivity contribution in [1.82, 2.24) is 14.8 Å². The van der Waals surface area contributed by atoms with E-state index in [0.717, 1.165) is 0 Å². The highest BCUT2D eigenvalue weighted by molar-refractivity contribution is 7.80. The molecular formula is C19H17Cl2N3O7S. The third kappa shape index (κ3) is 5.56. The summed E-state index contributed by atoms with van der Waals surface area (Å²) in [5.41, 5.74) is 0.465. The van der Waals surface area contributed by atoms with Crippen LogP contribution in [0.2, 0.25) is 10.0 Å². The van der Waals surface area contributed by atoms with Gasteiger partial charge in [0.15, 0.2) is 0 Å². The smallest absolute Gasteiger partial charge is 0.397 e. The van der Waals surface area contributed by atoms with Gasteiger partial charge in [-0.25, -0.2) is 13.8 Å². The second-order valence-corrected chi connectivity index (χ2v) is 8.74. The molecule has 32 heavy (non-hydrogen) atoms. The van der Waals surface area contributed by atoms with Crippen LogP contribution in [-0.4, -0.2) is 47.1 Å². The Hall–Kier alpha value is -2.25. The third-order valence-corrected chi connectivity index (χ3v) is 5.50. The molecule has 2 atom stereocenters. The van der Waals surface area contributed by atoms with Crippen LogP contribution in [0.15, 0.2) is 55.1 Å². The summed E-state index contributed by atoms with van der Waals surface area (Å²) >= 11 is 12.4. The molecule has 3 aromatic rings. The third-order valence-electron chi connectivity index (χ3n) is 4.50. The van der Waals surface area contributed by atoms with Crippen LogP contribution in [0.4, 0.5) is 0 Å². The molecule has 1 N–H and O–H groups in total. The van der Waals surface area contributed by atoms with Gasteiger partial charge in [0.1, 0.15) is 36.8 Å². The van der Waals surface area contributed by atoms with Crippen LogP contribution in [0.25, 0.3) is 0 Å². The lowest BCUT2D eigenvalue weighted by molar-refractivity contribution is -0.190. The molecule has 0 amide bonds. The van der Waals surface area contributed by atoms with Crippen molar-refractivity contribution < 1.29 is 31.4 Å². The Balaban J connectivity index is 1.59. The average molecular weight is 502 g/mol. The maximum absolute atomic E-state index is 10.9. The predicted octanol–water partition coefficient (Wildman–Crippen LogP) is 3.47. The van der Waals surface area contributed by atoms with E-state index in [0.29, 0.717) is 22.1 Å². The molecule has 1 aliphatic heterocycles. The van der Waals surface area contributed by atoms with Gasteiger partial charge in [-0.15, -0.1) is 0 Å². The molecule has 2 unspecified atom stereocenters. The summed E-state index contributed by atoms with van der Waals surface area (Å²) in [6.07, 6.45) is 2.04. The zero-order chi connectivity index (χ0) is 22.8. The van der Waals surface area contributed by atoms with Gasteiger partial charge in [-0.1, -0.05) is 23.2 Å². The van der Waals surface area contributed by atoms with Gasteiger partial charge in [0.2, 0.25) is 5.79 Å². The fourth-order valence-corrected chi connectivity index (χ4v) is 3.92. The second-order valence-electron chi connectivity index (χ2n) is 6.81. The summed E-state index contributed by atoms with van der Waals surface area (Å²) in [4.78, 5) is 3.91. The molecule has 0 bridgehead atoms. The van der Waals surface area contributed by atoms with Crippen LogP contribution < -0.4 is 4.74 Å². The number of ether oxygens (including phenoxy) is 3. The number of rotatable bonds is 8. The van der Waals surface area contributed by atoms with Crippen molar-refractivity contribution in [2.24, 2.45) is 0 Å². The van der Waals surface area contributed by atoms with E-state index in [1.807, 2.05) is 0 Å². The fourth-order valence-electron chi connectivity index (χ4n) is 3.15. The van der Waals surface area contributed by atoms with Crippen molar-refractivity contribution in [3.05, 3.63) is 70.7 Å². The zero-order valence-electron chi connectivity index (χ0n) is 16.3. The summed E-state index contributed by atoms with van der Waals surface area (Å²) in [7, 11) is -4.62. The highest BCUT2D eigenvalue weighted by atomic mass is 35.5. The zero-order valence-corrected chi connectivity index (χ0v) is 18.6. The van der Waals surface area contributed by atoms with Crippen molar-refractivity contribution in [3.8, 4) is 11.5 Å². The molecule has 1 saturated heterocycles. The van der Waals surface area contributed by atoms with Gasteiger partial charge in [0, 0.05) is 10.6 Å². The molecule has 0 saturated carbocycles. The monoisotopic (exact) mass is 501 g/mol. The van der Waals surface area contributed by atoms with Crippen LogP contribution in [0.3, 0.4) is 0 Å². The van der Waals surface area contributed by atoms with Crippen LogP contribution in [-0.2, 0) is 36.4 Å². The largest absolute Gasteiger partial charge is 0.457 e. The number of aromatic nitrogens is 3. The molecule has 1 aromatic heterocycles. The first-order valence-electron chi connectivity index (χ1n) is 9.22. The standard InChI is InChI=1S/C19H17Cl2N3O7S/c20-13-1-3-14(4-2-13)30-15-5-6-17(18(21)7-15)19(10-24-12-22-11-23-24)28-8-16(31-19)9-29-32(25,26)27/h1-7,11-12,16H,8-10H2,(H,25,26,27). The first kappa shape index (κ1) is 22.9. The van der Waals surface area contributed by atoms with Gasteiger partial charge >= 0.3 is 10.4 Å². The minimum Gasteiger partial charge on any atom is -0.457 e. The molecule has 2 heterocycles. The maximum atomic E-state index is 10.9. The van der Waals surface area contributed by atoms with E-state index in [1.165, 1.54) is 17.3 Å². The van der Waals surface area contributed by atoms with E-state index in [2.05, 4.69) is 14.3 Å². The SMILES string of the molecule is O=S(=O)(O)OCC1COC(Cn2cncn2)(c2ccc(Oc3ccc(Cl)cc3)cc2Cl)O1. The Morgan fingerprint density at radius 1 is 1.19 bits per heavy atom. The number of halogens is 2. The normalized spacial score (nSPS) is 21.0. The van der Waals surface area contributed by atoms with Crippen molar-refractivity contribution >= 4 is 33.6 Å². The van der Waals surface area contributed by atoms with Gasteiger partial charge in [-0.3, -0.25) is 4.55 Å². The van der Waals surface area contributed by atoms with Crippen LogP contribution >= 0.6 is 23.2 Å². The average Bonchev–Trinajstić information content (AvgIpc) is 3.39. The van der Waals surface area contributed by atoms with E-state index < -0.39 is 28.9 Å². The van der Waals surface area contributed by atoms with E-state index in [9.17, 15) is 8.42 Å². The molecule has 10 nitrogen and oxygen atoms in total. The lowest BCUT2D eigenvalue weighted by atomic mass is 10.1. The Morgan fingerprint density at radius 2 is 1.94 bits per heavy atom. The summed E-state index contributed by atoms with van der Waals surface area (Å²) < 4.78 is 54.3. The number of hydrogen-bond donors (Lipinski definition) is 1. The quantitative estimate of drug-likeness (QED) is 0.462. The lowest BCUT2D eigenvalue weighted by Gasteiger charge is -2.29. The van der Waals surface area contributed by atoms with Gasteiger partial charge in [-0.05, 0) is 42.5 Å². The molecule has 1 fully saturated rings. The highest BCUT2D eigenvalue weighted by Gasteiger charge is 2.46. The van der Waals surface area contributed by atoms with Crippen LogP contribution in [0.5, 0.6) is 11.5 Å². The van der Waals surface area contributed by atoms with Gasteiger partial charge in [0.05, 0.1) is 18.2 Å². The maximum Gasteiger partial charge on any atom is 0.397 e. The van der Waals surface area contributed by atoms with Crippen LogP contribution in [0, 0.1) is 0 Å². The number of benzene rings is 2. The summed E-state index contributed by atoms with van der Waals surface area (Å²) in [5.74, 6) is -0.357. The second kappa shape index (κ2) is 9.32. The van der Waals surface area contributed by atoms with E-state index in [-0.39, 0.29) is 18.2 Å². The van der Waals surface area contributed by atoms with Gasteiger partial charge in [-0.2, -0.15) is 13.5 Å². The van der Waals surface area contributed by atoms with Crippen molar-refractivity contribution in [2.75, 3.05) is 13.2 Å². The van der Waals surface area contributed by atoms with Crippen molar-refractivity contribution in [3.63, 3.8) is 0 Å². The molecule has 4 rings (SSSR count). The first-order valence-corrected chi connectivity index (χ1v) is 11.3. The molecule has 0 spiro atoms. The van der Waals surface area contributed by atoms with Gasteiger partial charge < -0.3 is 14.2 Å². The molecular weight excluding hydrogens is 485 g/mol. The van der Waals surface area contributed by atoms with E-state index >= 15 is 0 Å². The van der Waals surface area contributed by atoms with Crippen molar-refractivity contribution in [2.45, 2.75) is 18.4 Å². The number of nitrogens with zero attached hydrogens (tertiary/aromatic N) is 3. The van der Waals surface area contributed by atoms with Crippen LogP contribution in [0.1, 0.15) is 5.56 Å². The van der Waals surface area contributed by atoms with E-state index in [1.54, 1.807) is 42.5 Å². The summed E-state index contributed by atoms with van der Waals surface area (Å²) in [6.45, 7) is -0.372. The molecule has 2 aromatic carbocycles. The molecule has 0 aliphatic carbocycles. The fraction of sp³-hybridized carbons (Fsp3) is 0.263. The minimum absolute atomic E-state index is 0.0103. The summed E-state index contributed by atoms with van der Waals surface area (Å²) in [5, 5.41) is 4.94. The van der Waals surface area contributed by atoms with Gasteiger partial charge in [0.25, 0.3) is 0 Å². The number of hydrogen-bond acceptors (Lipinski definition) is 8. The first-order chi connectivity index (χ1) is 15.2. The highest BCUT2D eigenvalue weighted by Crippen LogP contribution is 2.41. The Bertz CT molecular complexity index is 1180. The lowest BCUT2D eigenvalue weighted by Crippen LogP contribution is -2.35. The molecule has 170 valence electrons.